The summed E-state index contributed by atoms with van der Waals surface area (Å²) in [6.45, 7) is 8.68. The van der Waals surface area contributed by atoms with Crippen LogP contribution in [0.25, 0.3) is 5.57 Å². The fraction of sp³-hybridized carbons (Fsp3) is 0.323. The first kappa shape index (κ1) is 28.9. The minimum Gasteiger partial charge on any atom is -0.480 e. The molecule has 3 N–H and O–H groups in total. The number of fused-ring (bicyclic) bond motifs is 1. The number of carboxylic acids is 1. The van der Waals surface area contributed by atoms with Crippen LogP contribution in [-0.4, -0.2) is 41.4 Å². The van der Waals surface area contributed by atoms with Crippen molar-refractivity contribution in [3.05, 3.63) is 101 Å². The average Bonchev–Trinajstić information content (AvgIpc) is 3.20. The second-order valence-electron chi connectivity index (χ2n) is 9.35. The standard InChI is InChI=1S/C31H36N2O4S/c1-4-10-24-23(5-2)25-11-6-7-12-26(25)27(24)20-37-31(36)33-28(30(34)35)13-8-9-18-32-29(38)19-22-16-14-21(3)15-17-22/h4-7,10-12,14-17,27-28H,2,8-9,13,18-20H2,1,3H3,(H,32,38)(H,33,36)(H,34,35)/b10-4-. The van der Waals surface area contributed by atoms with Gasteiger partial charge in [-0.1, -0.05) is 91.1 Å². The van der Waals surface area contributed by atoms with E-state index in [0.29, 0.717) is 25.8 Å². The average molecular weight is 533 g/mol. The Morgan fingerprint density at radius 2 is 1.89 bits per heavy atom. The van der Waals surface area contributed by atoms with Gasteiger partial charge >= 0.3 is 12.1 Å². The van der Waals surface area contributed by atoms with Gasteiger partial charge in [0.05, 0.1) is 4.99 Å². The van der Waals surface area contributed by atoms with Crippen molar-refractivity contribution in [1.29, 1.82) is 0 Å². The third-order valence-corrected chi connectivity index (χ3v) is 6.85. The number of unbranched alkanes of at least 4 members (excludes halogenated alkanes) is 1. The lowest BCUT2D eigenvalue weighted by molar-refractivity contribution is -0.139. The second kappa shape index (κ2) is 14.3. The van der Waals surface area contributed by atoms with Crippen LogP contribution in [0.1, 0.15) is 54.4 Å². The molecule has 2 aromatic rings. The Morgan fingerprint density at radius 1 is 1.16 bits per heavy atom. The molecule has 0 aromatic heterocycles. The summed E-state index contributed by atoms with van der Waals surface area (Å²) in [5.74, 6) is -1.22. The number of nitrogens with one attached hydrogen (secondary N) is 2. The molecule has 0 bridgehead atoms. The number of hydrogen-bond donors (Lipinski definition) is 3. The summed E-state index contributed by atoms with van der Waals surface area (Å²) in [6.07, 6.45) is 7.35. The lowest BCUT2D eigenvalue weighted by atomic mass is 9.96. The molecular weight excluding hydrogens is 496 g/mol. The zero-order chi connectivity index (χ0) is 27.5. The summed E-state index contributed by atoms with van der Waals surface area (Å²) >= 11 is 5.42. The number of ether oxygens (including phenoxy) is 1. The Kier molecular flexibility index (Phi) is 10.8. The number of amides is 1. The quantitative estimate of drug-likeness (QED) is 0.213. The molecule has 1 aliphatic carbocycles. The van der Waals surface area contributed by atoms with Gasteiger partial charge < -0.3 is 20.5 Å². The summed E-state index contributed by atoms with van der Waals surface area (Å²) in [7, 11) is 0. The van der Waals surface area contributed by atoms with E-state index in [1.165, 1.54) is 5.56 Å². The fourth-order valence-electron chi connectivity index (χ4n) is 4.61. The van der Waals surface area contributed by atoms with E-state index in [2.05, 4.69) is 41.5 Å². The number of carbonyl (C=O) groups excluding carboxylic acids is 1. The zero-order valence-electron chi connectivity index (χ0n) is 22.0. The van der Waals surface area contributed by atoms with Crippen molar-refractivity contribution in [3.63, 3.8) is 0 Å². The molecule has 0 saturated heterocycles. The van der Waals surface area contributed by atoms with Crippen molar-refractivity contribution in [2.75, 3.05) is 13.2 Å². The third-order valence-electron chi connectivity index (χ3n) is 6.56. The summed E-state index contributed by atoms with van der Waals surface area (Å²) in [4.78, 5) is 25.0. The van der Waals surface area contributed by atoms with E-state index in [4.69, 9.17) is 17.0 Å². The van der Waals surface area contributed by atoms with E-state index < -0.39 is 18.1 Å². The molecule has 6 nitrogen and oxygen atoms in total. The van der Waals surface area contributed by atoms with Crippen LogP contribution in [0.15, 0.2) is 78.9 Å². The number of aliphatic carboxylic acids is 1. The maximum Gasteiger partial charge on any atom is 0.407 e. The molecule has 0 saturated carbocycles. The van der Waals surface area contributed by atoms with Crippen LogP contribution < -0.4 is 10.6 Å². The van der Waals surface area contributed by atoms with Crippen LogP contribution in [0.2, 0.25) is 0 Å². The van der Waals surface area contributed by atoms with Gasteiger partial charge in [0.2, 0.25) is 0 Å². The van der Waals surface area contributed by atoms with Gasteiger partial charge in [0.25, 0.3) is 0 Å². The highest BCUT2D eigenvalue weighted by Gasteiger charge is 2.30. The largest absolute Gasteiger partial charge is 0.480 e. The summed E-state index contributed by atoms with van der Waals surface area (Å²) in [6, 6.07) is 15.2. The molecule has 1 aliphatic rings. The highest BCUT2D eigenvalue weighted by Crippen LogP contribution is 2.43. The predicted octanol–water partition coefficient (Wildman–Crippen LogP) is 6.12. The maximum absolute atomic E-state index is 12.5. The van der Waals surface area contributed by atoms with Crippen molar-refractivity contribution in [1.82, 2.24) is 10.6 Å². The Labute approximate surface area is 230 Å². The van der Waals surface area contributed by atoms with Gasteiger partial charge in [-0.2, -0.15) is 0 Å². The lowest BCUT2D eigenvalue weighted by Crippen LogP contribution is -2.41. The van der Waals surface area contributed by atoms with Crippen LogP contribution in [0.3, 0.4) is 0 Å². The number of carboxylic acid groups (broad SMARTS) is 1. The highest BCUT2D eigenvalue weighted by molar-refractivity contribution is 7.80. The number of carbonyl (C=O) groups is 2. The SMILES string of the molecule is C=CC1=C(/C=C\C)C(COC(=O)NC(CCCCNC(=S)Cc2ccc(C)cc2)C(=O)O)c2ccccc21. The molecular formula is C31H36N2O4S. The van der Waals surface area contributed by atoms with Crippen LogP contribution in [0.5, 0.6) is 0 Å². The molecule has 7 heteroatoms. The van der Waals surface area contributed by atoms with Gasteiger partial charge in [-0.25, -0.2) is 9.59 Å². The lowest BCUT2D eigenvalue weighted by Gasteiger charge is -2.18. The molecule has 2 atom stereocenters. The van der Waals surface area contributed by atoms with E-state index in [1.807, 2.05) is 56.3 Å². The van der Waals surface area contributed by atoms with Gasteiger partial charge in [0.1, 0.15) is 12.6 Å². The van der Waals surface area contributed by atoms with Crippen molar-refractivity contribution < 1.29 is 19.4 Å². The summed E-state index contributed by atoms with van der Waals surface area (Å²) in [5, 5.41) is 15.3. The van der Waals surface area contributed by atoms with Crippen molar-refractivity contribution in [2.45, 2.75) is 51.5 Å². The predicted molar refractivity (Wildman–Crippen MR) is 156 cm³/mol. The first-order valence-corrected chi connectivity index (χ1v) is 13.3. The number of benzene rings is 2. The Balaban J connectivity index is 1.44. The molecule has 0 spiro atoms. The molecule has 3 rings (SSSR count). The number of rotatable bonds is 13. The van der Waals surface area contributed by atoms with Gasteiger partial charge in [-0.05, 0) is 60.9 Å². The van der Waals surface area contributed by atoms with Crippen molar-refractivity contribution in [2.24, 2.45) is 0 Å². The Hall–Kier alpha value is -3.71. The second-order valence-corrected chi connectivity index (χ2v) is 9.85. The first-order valence-electron chi connectivity index (χ1n) is 12.9. The highest BCUT2D eigenvalue weighted by atomic mass is 32.1. The molecule has 2 unspecified atom stereocenters. The number of allylic oxidation sites excluding steroid dienone is 4. The van der Waals surface area contributed by atoms with E-state index in [0.717, 1.165) is 39.2 Å². The van der Waals surface area contributed by atoms with Crippen LogP contribution in [-0.2, 0) is 16.0 Å². The first-order chi connectivity index (χ1) is 18.3. The van der Waals surface area contributed by atoms with Crippen LogP contribution in [0.4, 0.5) is 4.79 Å². The van der Waals surface area contributed by atoms with Crippen LogP contribution in [0, 0.1) is 6.92 Å². The van der Waals surface area contributed by atoms with Crippen molar-refractivity contribution >= 4 is 34.8 Å². The van der Waals surface area contributed by atoms with E-state index in [9.17, 15) is 14.7 Å². The molecule has 0 heterocycles. The molecule has 200 valence electrons. The summed E-state index contributed by atoms with van der Waals surface area (Å²) < 4.78 is 5.51. The monoisotopic (exact) mass is 532 g/mol. The zero-order valence-corrected chi connectivity index (χ0v) is 22.9. The number of alkyl carbamates (subject to hydrolysis) is 1. The molecule has 0 fully saturated rings. The van der Waals surface area contributed by atoms with Gasteiger partial charge in [0.15, 0.2) is 0 Å². The molecule has 38 heavy (non-hydrogen) atoms. The normalized spacial score (nSPS) is 15.2. The fourth-order valence-corrected chi connectivity index (χ4v) is 4.87. The Bertz CT molecular complexity index is 1220. The van der Waals surface area contributed by atoms with E-state index in [1.54, 1.807) is 0 Å². The smallest absolute Gasteiger partial charge is 0.407 e. The molecule has 0 radical (unpaired) electrons. The van der Waals surface area contributed by atoms with E-state index in [-0.39, 0.29) is 12.5 Å². The van der Waals surface area contributed by atoms with Crippen molar-refractivity contribution in [3.8, 4) is 0 Å². The minimum absolute atomic E-state index is 0.106. The Morgan fingerprint density at radius 3 is 2.58 bits per heavy atom. The van der Waals surface area contributed by atoms with Gasteiger partial charge in [0, 0.05) is 18.9 Å². The summed E-state index contributed by atoms with van der Waals surface area (Å²) in [5.41, 5.74) is 6.53. The topological polar surface area (TPSA) is 87.7 Å². The maximum atomic E-state index is 12.5. The number of thiocarbonyl (C=S) groups is 1. The minimum atomic E-state index is -1.08. The number of hydrogen-bond acceptors (Lipinski definition) is 4. The van der Waals surface area contributed by atoms with Crippen LogP contribution >= 0.6 is 12.2 Å². The molecule has 0 aliphatic heterocycles. The van der Waals surface area contributed by atoms with E-state index >= 15 is 0 Å². The van der Waals surface area contributed by atoms with Gasteiger partial charge in [-0.15, -0.1) is 0 Å². The van der Waals surface area contributed by atoms with Gasteiger partial charge in [-0.3, -0.25) is 0 Å². The third kappa shape index (κ3) is 7.89. The molecule has 1 amide bonds. The molecule has 2 aromatic carbocycles. The number of aryl methyl sites for hydroxylation is 1.